The molecule has 1 aromatic heterocycles. The molecular formula is C14H15ClN2O3S. The largest absolute Gasteiger partial charge is 0.481 e. The first kappa shape index (κ1) is 16.0. The molecule has 0 saturated heterocycles. The monoisotopic (exact) mass is 326 g/mol. The van der Waals surface area contributed by atoms with Gasteiger partial charge < -0.3 is 9.84 Å². The number of aliphatic carboxylic acids is 1. The summed E-state index contributed by atoms with van der Waals surface area (Å²) in [6, 6.07) is 5.43. The zero-order valence-corrected chi connectivity index (χ0v) is 13.1. The molecule has 0 fully saturated rings. The first-order chi connectivity index (χ1) is 10.1. The number of thioether (sulfide) groups is 1. The van der Waals surface area contributed by atoms with Crippen molar-refractivity contribution >= 4 is 40.2 Å². The normalized spacial score (nSPS) is 11.0. The van der Waals surface area contributed by atoms with Gasteiger partial charge in [-0.1, -0.05) is 11.6 Å². The minimum atomic E-state index is -0.816. The van der Waals surface area contributed by atoms with Crippen molar-refractivity contribution in [2.45, 2.75) is 17.9 Å². The Bertz CT molecular complexity index is 651. The van der Waals surface area contributed by atoms with Crippen LogP contribution in [0.25, 0.3) is 10.9 Å². The molecule has 21 heavy (non-hydrogen) atoms. The summed E-state index contributed by atoms with van der Waals surface area (Å²) in [4.78, 5) is 19.6. The molecular weight excluding hydrogens is 312 g/mol. The van der Waals surface area contributed by atoms with Crippen molar-refractivity contribution in [1.29, 1.82) is 0 Å². The Morgan fingerprint density at radius 1 is 1.43 bits per heavy atom. The lowest BCUT2D eigenvalue weighted by atomic mass is 10.2. The fraction of sp³-hybridized carbons (Fsp3) is 0.357. The number of nitrogens with zero attached hydrogens (tertiary/aromatic N) is 2. The standard InChI is InChI=1S/C14H15ClN2O3S/c1-20-6-4-12-16-11-8-9(15)2-3-10(11)14(17-12)21-7-5-13(18)19/h2-3,8H,4-7H2,1H3,(H,18,19). The zero-order valence-electron chi connectivity index (χ0n) is 11.5. The third-order valence-electron chi connectivity index (χ3n) is 2.75. The number of halogens is 1. The Balaban J connectivity index is 2.32. The SMILES string of the molecule is COCCc1nc(SCCC(=O)O)c2ccc(Cl)cc2n1. The Morgan fingerprint density at radius 2 is 2.24 bits per heavy atom. The molecule has 1 heterocycles. The Hall–Kier alpha value is -1.37. The van der Waals surface area contributed by atoms with Gasteiger partial charge in [0.15, 0.2) is 0 Å². The van der Waals surface area contributed by atoms with E-state index in [0.29, 0.717) is 29.6 Å². The van der Waals surface area contributed by atoms with Crippen molar-refractivity contribution in [1.82, 2.24) is 9.97 Å². The second kappa shape index (κ2) is 7.59. The second-order valence-electron chi connectivity index (χ2n) is 4.34. The van der Waals surface area contributed by atoms with Crippen LogP contribution in [0.3, 0.4) is 0 Å². The van der Waals surface area contributed by atoms with Crippen LogP contribution in [0, 0.1) is 0 Å². The number of aromatic nitrogens is 2. The minimum Gasteiger partial charge on any atom is -0.481 e. The summed E-state index contributed by atoms with van der Waals surface area (Å²) in [6.07, 6.45) is 0.697. The van der Waals surface area contributed by atoms with Crippen LogP contribution in [0.1, 0.15) is 12.2 Å². The van der Waals surface area contributed by atoms with Crippen LogP contribution in [0.4, 0.5) is 0 Å². The highest BCUT2D eigenvalue weighted by atomic mass is 35.5. The molecule has 112 valence electrons. The molecule has 0 aliphatic rings. The lowest BCUT2D eigenvalue weighted by Gasteiger charge is -2.08. The lowest BCUT2D eigenvalue weighted by molar-refractivity contribution is -0.136. The summed E-state index contributed by atoms with van der Waals surface area (Å²) in [5, 5.41) is 11.0. The van der Waals surface area contributed by atoms with Crippen LogP contribution in [-0.4, -0.2) is 40.5 Å². The first-order valence-corrected chi connectivity index (χ1v) is 7.76. The molecule has 0 aliphatic heterocycles. The Labute approximate surface area is 131 Å². The quantitative estimate of drug-likeness (QED) is 0.623. The van der Waals surface area contributed by atoms with Crippen LogP contribution in [0.2, 0.25) is 5.02 Å². The van der Waals surface area contributed by atoms with Crippen LogP contribution in [0.15, 0.2) is 23.2 Å². The van der Waals surface area contributed by atoms with Gasteiger partial charge in [-0.15, -0.1) is 11.8 Å². The van der Waals surface area contributed by atoms with Gasteiger partial charge in [0.05, 0.1) is 18.5 Å². The van der Waals surface area contributed by atoms with Crippen molar-refractivity contribution in [2.75, 3.05) is 19.5 Å². The maximum atomic E-state index is 10.6. The molecule has 0 spiro atoms. The molecule has 0 unspecified atom stereocenters. The predicted molar refractivity (Wildman–Crippen MR) is 83.1 cm³/mol. The van der Waals surface area contributed by atoms with E-state index in [2.05, 4.69) is 9.97 Å². The number of rotatable bonds is 7. The number of fused-ring (bicyclic) bond motifs is 1. The number of hydrogen-bond acceptors (Lipinski definition) is 5. The predicted octanol–water partition coefficient (Wildman–Crippen LogP) is 3.04. The average Bonchev–Trinajstić information content (AvgIpc) is 2.44. The molecule has 0 saturated carbocycles. The molecule has 2 rings (SSSR count). The van der Waals surface area contributed by atoms with Gasteiger partial charge in [0.25, 0.3) is 0 Å². The van der Waals surface area contributed by atoms with Gasteiger partial charge in [-0.05, 0) is 18.2 Å². The van der Waals surface area contributed by atoms with E-state index in [4.69, 9.17) is 21.4 Å². The van der Waals surface area contributed by atoms with Crippen molar-refractivity contribution in [3.05, 3.63) is 29.0 Å². The van der Waals surface area contributed by atoms with E-state index >= 15 is 0 Å². The molecule has 7 heteroatoms. The fourth-order valence-electron chi connectivity index (χ4n) is 1.77. The molecule has 0 radical (unpaired) electrons. The van der Waals surface area contributed by atoms with Crippen LogP contribution >= 0.6 is 23.4 Å². The number of carbonyl (C=O) groups is 1. The van der Waals surface area contributed by atoms with Gasteiger partial charge >= 0.3 is 5.97 Å². The third-order valence-corrected chi connectivity index (χ3v) is 3.98. The smallest absolute Gasteiger partial charge is 0.304 e. The van der Waals surface area contributed by atoms with Crippen molar-refractivity contribution in [2.24, 2.45) is 0 Å². The van der Waals surface area contributed by atoms with Gasteiger partial charge in [-0.3, -0.25) is 4.79 Å². The lowest BCUT2D eigenvalue weighted by Crippen LogP contribution is -2.03. The summed E-state index contributed by atoms with van der Waals surface area (Å²) in [6.45, 7) is 0.533. The summed E-state index contributed by atoms with van der Waals surface area (Å²) in [7, 11) is 1.63. The van der Waals surface area contributed by atoms with E-state index in [1.54, 1.807) is 19.2 Å². The molecule has 1 aromatic carbocycles. The summed E-state index contributed by atoms with van der Waals surface area (Å²) in [5.74, 6) is 0.321. The molecule has 5 nitrogen and oxygen atoms in total. The number of hydrogen-bond donors (Lipinski definition) is 1. The summed E-state index contributed by atoms with van der Waals surface area (Å²) < 4.78 is 5.04. The topological polar surface area (TPSA) is 72.3 Å². The van der Waals surface area contributed by atoms with E-state index in [1.807, 2.05) is 6.07 Å². The number of methoxy groups -OCH3 is 1. The number of ether oxygens (including phenoxy) is 1. The number of carboxylic acids is 1. The maximum Gasteiger partial charge on any atom is 0.304 e. The van der Waals surface area contributed by atoms with E-state index < -0.39 is 5.97 Å². The second-order valence-corrected chi connectivity index (χ2v) is 5.86. The molecule has 2 aromatic rings. The van der Waals surface area contributed by atoms with Crippen LogP contribution in [0.5, 0.6) is 0 Å². The fourth-order valence-corrected chi connectivity index (χ4v) is 2.90. The van der Waals surface area contributed by atoms with Gasteiger partial charge in [0.1, 0.15) is 10.9 Å². The van der Waals surface area contributed by atoms with Gasteiger partial charge in [-0.25, -0.2) is 9.97 Å². The highest BCUT2D eigenvalue weighted by molar-refractivity contribution is 7.99. The van der Waals surface area contributed by atoms with Crippen molar-refractivity contribution < 1.29 is 14.6 Å². The molecule has 0 bridgehead atoms. The van der Waals surface area contributed by atoms with Gasteiger partial charge in [0, 0.05) is 29.7 Å². The van der Waals surface area contributed by atoms with E-state index in [9.17, 15) is 4.79 Å². The maximum absolute atomic E-state index is 10.6. The Kier molecular flexibility index (Phi) is 5.78. The Morgan fingerprint density at radius 3 is 2.95 bits per heavy atom. The first-order valence-electron chi connectivity index (χ1n) is 6.40. The third kappa shape index (κ3) is 4.56. The number of benzene rings is 1. The minimum absolute atomic E-state index is 0.0944. The van der Waals surface area contributed by atoms with E-state index in [1.165, 1.54) is 11.8 Å². The van der Waals surface area contributed by atoms with E-state index in [0.717, 1.165) is 15.9 Å². The van der Waals surface area contributed by atoms with E-state index in [-0.39, 0.29) is 6.42 Å². The zero-order chi connectivity index (χ0) is 15.2. The molecule has 0 atom stereocenters. The van der Waals surface area contributed by atoms with Crippen LogP contribution < -0.4 is 0 Å². The van der Waals surface area contributed by atoms with Gasteiger partial charge in [0.2, 0.25) is 0 Å². The highest BCUT2D eigenvalue weighted by Gasteiger charge is 2.10. The number of carboxylic acid groups (broad SMARTS) is 1. The summed E-state index contributed by atoms with van der Waals surface area (Å²) in [5.41, 5.74) is 0.765. The summed E-state index contributed by atoms with van der Waals surface area (Å²) >= 11 is 7.42. The molecule has 0 amide bonds. The molecule has 1 N–H and O–H groups in total. The van der Waals surface area contributed by atoms with Gasteiger partial charge in [-0.2, -0.15) is 0 Å². The van der Waals surface area contributed by atoms with Crippen LogP contribution in [-0.2, 0) is 16.0 Å². The van der Waals surface area contributed by atoms with Crippen molar-refractivity contribution in [3.8, 4) is 0 Å². The highest BCUT2D eigenvalue weighted by Crippen LogP contribution is 2.27. The van der Waals surface area contributed by atoms with Crippen molar-refractivity contribution in [3.63, 3.8) is 0 Å². The average molecular weight is 327 g/mol. The molecule has 0 aliphatic carbocycles.